The number of benzene rings is 6. The smallest absolute Gasteiger partial charge is 0.187 e. The molecule has 0 radical (unpaired) electrons. The Morgan fingerprint density at radius 3 is 1.06 bits per heavy atom. The molecule has 65 heavy (non-hydrogen) atoms. The Morgan fingerprint density at radius 2 is 0.662 bits per heavy atom. The van der Waals surface area contributed by atoms with Crippen LogP contribution in [-0.4, -0.2) is 84.8 Å². The average molecular weight is 883 g/mol. The van der Waals surface area contributed by atoms with Crippen molar-refractivity contribution in [2.24, 2.45) is 0 Å². The van der Waals surface area contributed by atoms with Crippen molar-refractivity contribution >= 4 is 0 Å². The van der Waals surface area contributed by atoms with E-state index in [9.17, 15) is 10.2 Å². The van der Waals surface area contributed by atoms with E-state index in [4.69, 9.17) is 42.6 Å². The Labute approximate surface area is 381 Å². The molecule has 0 aromatic heterocycles. The van der Waals surface area contributed by atoms with Gasteiger partial charge in [-0.3, -0.25) is 0 Å². The number of aliphatic hydroxyl groups is 2. The van der Waals surface area contributed by atoms with E-state index in [1.807, 2.05) is 182 Å². The minimum Gasteiger partial charge on any atom is -0.387 e. The van der Waals surface area contributed by atoms with E-state index in [1.165, 1.54) is 0 Å². The molecule has 2 aliphatic heterocycles. The molecule has 11 heteroatoms. The Morgan fingerprint density at radius 1 is 0.338 bits per heavy atom. The van der Waals surface area contributed by atoms with E-state index in [-0.39, 0.29) is 46.2 Å². The molecule has 0 unspecified atom stereocenters. The maximum absolute atomic E-state index is 12.3. The lowest BCUT2D eigenvalue weighted by Gasteiger charge is -2.49. The zero-order valence-electron chi connectivity index (χ0n) is 36.3. The summed E-state index contributed by atoms with van der Waals surface area (Å²) in [4.78, 5) is 0. The highest BCUT2D eigenvalue weighted by molar-refractivity contribution is 5.18. The predicted octanol–water partition coefficient (Wildman–Crippen LogP) is 7.95. The monoisotopic (exact) mass is 882 g/mol. The number of rotatable bonds is 22. The molecule has 6 aromatic rings. The van der Waals surface area contributed by atoms with Gasteiger partial charge in [-0.05, 0) is 33.4 Å². The van der Waals surface area contributed by atoms with Crippen molar-refractivity contribution in [3.8, 4) is 0 Å². The molecule has 340 valence electrons. The molecule has 0 saturated carbocycles. The summed E-state index contributed by atoms with van der Waals surface area (Å²) in [5.41, 5.74) is 5.67. The predicted molar refractivity (Wildman–Crippen MR) is 243 cm³/mol. The van der Waals surface area contributed by atoms with Gasteiger partial charge >= 0.3 is 0 Å². The van der Waals surface area contributed by atoms with Crippen LogP contribution in [0.3, 0.4) is 0 Å². The lowest BCUT2D eigenvalue weighted by atomic mass is 9.96. The number of hydrogen-bond acceptors (Lipinski definition) is 11. The molecule has 0 aliphatic carbocycles. The highest BCUT2D eigenvalue weighted by atomic mass is 16.7. The van der Waals surface area contributed by atoms with Crippen LogP contribution < -0.4 is 0 Å². The lowest BCUT2D eigenvalue weighted by molar-refractivity contribution is -0.371. The van der Waals surface area contributed by atoms with E-state index in [0.29, 0.717) is 6.61 Å². The number of ether oxygens (including phenoxy) is 9. The molecule has 2 fully saturated rings. The van der Waals surface area contributed by atoms with Crippen molar-refractivity contribution in [2.45, 2.75) is 101 Å². The Hall–Kier alpha value is -5.12. The molecule has 2 saturated heterocycles. The highest BCUT2D eigenvalue weighted by Gasteiger charge is 2.53. The van der Waals surface area contributed by atoms with Crippen LogP contribution in [0, 0.1) is 0 Å². The van der Waals surface area contributed by atoms with Crippen LogP contribution in [0.5, 0.6) is 0 Å². The Kier molecular flexibility index (Phi) is 17.4. The van der Waals surface area contributed by atoms with Gasteiger partial charge in [0.25, 0.3) is 0 Å². The van der Waals surface area contributed by atoms with Gasteiger partial charge in [0.05, 0.1) is 52.9 Å². The van der Waals surface area contributed by atoms with Gasteiger partial charge in [-0.15, -0.1) is 0 Å². The SMILES string of the molecule is O[C@@H]1[C@@H](OCc2ccccc2)[C@@H](O)O[C@H](COCc2ccccc2)[C@@H]1O[C@@H]1O[C@H](COCc2ccccc2)[C@@H](OCc2ccccc2)[C@H](OCc2ccccc2)[C@@H]1OCc1ccccc1. The zero-order valence-corrected chi connectivity index (χ0v) is 36.3. The van der Waals surface area contributed by atoms with Crippen LogP contribution >= 0.6 is 0 Å². The maximum Gasteiger partial charge on any atom is 0.187 e. The maximum atomic E-state index is 12.3. The number of hydrogen-bond donors (Lipinski definition) is 2. The van der Waals surface area contributed by atoms with E-state index in [0.717, 1.165) is 33.4 Å². The van der Waals surface area contributed by atoms with Crippen molar-refractivity contribution in [2.75, 3.05) is 13.2 Å². The summed E-state index contributed by atoms with van der Waals surface area (Å²) in [6.45, 7) is 1.49. The summed E-state index contributed by atoms with van der Waals surface area (Å²) in [6, 6.07) is 58.9. The van der Waals surface area contributed by atoms with Gasteiger partial charge in [0, 0.05) is 0 Å². The van der Waals surface area contributed by atoms with Crippen molar-refractivity contribution in [3.63, 3.8) is 0 Å². The summed E-state index contributed by atoms with van der Waals surface area (Å²) in [6.07, 6.45) is -10.5. The molecule has 8 rings (SSSR count). The molecule has 2 aliphatic rings. The highest BCUT2D eigenvalue weighted by Crippen LogP contribution is 2.35. The van der Waals surface area contributed by atoms with Gasteiger partial charge in [0.15, 0.2) is 12.6 Å². The third-order valence-corrected chi connectivity index (χ3v) is 11.4. The summed E-state index contributed by atoms with van der Waals surface area (Å²) < 4.78 is 59.6. The zero-order chi connectivity index (χ0) is 44.5. The number of aliphatic hydroxyl groups excluding tert-OH is 2. The van der Waals surface area contributed by atoms with Crippen LogP contribution in [0.25, 0.3) is 0 Å². The fourth-order valence-electron chi connectivity index (χ4n) is 8.04. The van der Waals surface area contributed by atoms with Crippen LogP contribution in [0.15, 0.2) is 182 Å². The average Bonchev–Trinajstić information content (AvgIpc) is 3.35. The third kappa shape index (κ3) is 13.5. The summed E-state index contributed by atoms with van der Waals surface area (Å²) in [5.74, 6) is 0. The first kappa shape index (κ1) is 46.4. The van der Waals surface area contributed by atoms with Gasteiger partial charge in [-0.2, -0.15) is 0 Å². The first-order valence-corrected chi connectivity index (χ1v) is 22.3. The molecule has 0 spiro atoms. The van der Waals surface area contributed by atoms with Crippen LogP contribution in [-0.2, 0) is 82.3 Å². The van der Waals surface area contributed by atoms with Crippen LogP contribution in [0.1, 0.15) is 33.4 Å². The van der Waals surface area contributed by atoms with Gasteiger partial charge in [0.1, 0.15) is 48.8 Å². The molecule has 11 nitrogen and oxygen atoms in total. The molecule has 0 bridgehead atoms. The Balaban J connectivity index is 1.13. The topological polar surface area (TPSA) is 124 Å². The second-order valence-electron chi connectivity index (χ2n) is 16.2. The third-order valence-electron chi connectivity index (χ3n) is 11.4. The summed E-state index contributed by atoms with van der Waals surface area (Å²) in [5, 5.41) is 23.7. The van der Waals surface area contributed by atoms with E-state index in [2.05, 4.69) is 0 Å². The van der Waals surface area contributed by atoms with Crippen molar-refractivity contribution in [1.29, 1.82) is 0 Å². The molecule has 6 aromatic carbocycles. The van der Waals surface area contributed by atoms with Crippen molar-refractivity contribution in [3.05, 3.63) is 215 Å². The minimum absolute atomic E-state index is 0.0261. The molecule has 2 N–H and O–H groups in total. The van der Waals surface area contributed by atoms with E-state index in [1.54, 1.807) is 0 Å². The molecule has 2 heterocycles. The molecule has 10 atom stereocenters. The van der Waals surface area contributed by atoms with Crippen LogP contribution in [0.4, 0.5) is 0 Å². The molecular formula is C54H58O11. The lowest BCUT2D eigenvalue weighted by Crippen LogP contribution is -2.66. The van der Waals surface area contributed by atoms with Crippen molar-refractivity contribution < 1.29 is 52.8 Å². The van der Waals surface area contributed by atoms with E-state index < -0.39 is 61.4 Å². The first-order valence-electron chi connectivity index (χ1n) is 22.3. The van der Waals surface area contributed by atoms with Gasteiger partial charge in [-0.1, -0.05) is 182 Å². The van der Waals surface area contributed by atoms with E-state index >= 15 is 0 Å². The van der Waals surface area contributed by atoms with Gasteiger partial charge in [0.2, 0.25) is 0 Å². The largest absolute Gasteiger partial charge is 0.387 e. The minimum atomic E-state index is -1.49. The normalized spacial score (nSPS) is 25.6. The fourth-order valence-corrected chi connectivity index (χ4v) is 8.04. The summed E-state index contributed by atoms with van der Waals surface area (Å²) >= 11 is 0. The quantitative estimate of drug-likeness (QED) is 0.0691. The second kappa shape index (κ2) is 24.4. The summed E-state index contributed by atoms with van der Waals surface area (Å²) in [7, 11) is 0. The van der Waals surface area contributed by atoms with Gasteiger partial charge < -0.3 is 52.8 Å². The fraction of sp³-hybridized carbons (Fsp3) is 0.333. The second-order valence-corrected chi connectivity index (χ2v) is 16.2. The van der Waals surface area contributed by atoms with Crippen molar-refractivity contribution in [1.82, 2.24) is 0 Å². The standard InChI is InChI=1S/C54H58O11/c55-47-48(45(37-57-31-39-19-7-1-8-20-39)63-53(56)50(47)60-34-42-25-13-4-14-26-42)65-54-52(62-36-44-29-17-6-18-30-44)51(61-35-43-27-15-5-16-28-43)49(59-33-41-23-11-3-12-24-41)46(64-54)38-58-32-40-21-9-2-10-22-40/h1-30,45-56H,31-38H2/t45-,46-,47+,48+,49-,50-,51+,52+,53+,54+/m1/s1. The molecule has 0 amide bonds. The Bertz CT molecular complexity index is 2200. The van der Waals surface area contributed by atoms with Crippen LogP contribution in [0.2, 0.25) is 0 Å². The van der Waals surface area contributed by atoms with Gasteiger partial charge in [-0.25, -0.2) is 0 Å². The molecular weight excluding hydrogens is 825 g/mol. The first-order chi connectivity index (χ1) is 32.1.